The standard InChI is InChI=1S/C13H18N2O2/c1-13(6-3-2-4-7-13)15-11-9-10(12(16)17)5-8-14-11/h5,8-9H,2-4,6-7H2,1H3,(H,14,15)(H,16,17). The Hall–Kier alpha value is -1.58. The lowest BCUT2D eigenvalue weighted by molar-refractivity contribution is 0.0697. The van der Waals surface area contributed by atoms with Crippen LogP contribution >= 0.6 is 0 Å². The third-order valence-electron chi connectivity index (χ3n) is 3.39. The monoisotopic (exact) mass is 234 g/mol. The van der Waals surface area contributed by atoms with Crippen molar-refractivity contribution in [3.8, 4) is 0 Å². The number of aromatic carboxylic acids is 1. The van der Waals surface area contributed by atoms with Gasteiger partial charge in [0.15, 0.2) is 0 Å². The van der Waals surface area contributed by atoms with Gasteiger partial charge in [0, 0.05) is 11.7 Å². The van der Waals surface area contributed by atoms with E-state index in [4.69, 9.17) is 5.11 Å². The van der Waals surface area contributed by atoms with Gasteiger partial charge in [-0.05, 0) is 31.9 Å². The summed E-state index contributed by atoms with van der Waals surface area (Å²) in [5, 5.41) is 12.3. The molecule has 1 aromatic rings. The lowest BCUT2D eigenvalue weighted by atomic mass is 9.83. The number of pyridine rings is 1. The van der Waals surface area contributed by atoms with Gasteiger partial charge in [0.25, 0.3) is 0 Å². The highest BCUT2D eigenvalue weighted by molar-refractivity contribution is 5.88. The van der Waals surface area contributed by atoms with E-state index in [1.807, 2.05) is 0 Å². The van der Waals surface area contributed by atoms with E-state index in [2.05, 4.69) is 17.2 Å². The molecule has 0 aliphatic heterocycles. The van der Waals surface area contributed by atoms with Gasteiger partial charge in [-0.1, -0.05) is 19.3 Å². The Bertz CT molecular complexity index is 412. The molecule has 0 amide bonds. The maximum Gasteiger partial charge on any atom is 0.335 e. The summed E-state index contributed by atoms with van der Waals surface area (Å²) in [5.41, 5.74) is 0.337. The van der Waals surface area contributed by atoms with Crippen molar-refractivity contribution in [1.29, 1.82) is 0 Å². The largest absolute Gasteiger partial charge is 0.478 e. The van der Waals surface area contributed by atoms with E-state index in [1.54, 1.807) is 6.07 Å². The molecule has 1 saturated carbocycles. The lowest BCUT2D eigenvalue weighted by Crippen LogP contribution is -2.37. The Morgan fingerprint density at radius 2 is 2.12 bits per heavy atom. The van der Waals surface area contributed by atoms with Crippen molar-refractivity contribution < 1.29 is 9.90 Å². The summed E-state index contributed by atoms with van der Waals surface area (Å²) >= 11 is 0. The van der Waals surface area contributed by atoms with Crippen LogP contribution in [0.2, 0.25) is 0 Å². The van der Waals surface area contributed by atoms with Crippen molar-refractivity contribution in [3.05, 3.63) is 23.9 Å². The number of aromatic nitrogens is 1. The maximum absolute atomic E-state index is 10.9. The third-order valence-corrected chi connectivity index (χ3v) is 3.39. The second-order valence-corrected chi connectivity index (χ2v) is 4.98. The fourth-order valence-corrected chi connectivity index (χ4v) is 2.40. The van der Waals surface area contributed by atoms with Gasteiger partial charge in [0.05, 0.1) is 5.56 Å². The Kier molecular flexibility index (Phi) is 3.31. The number of hydrogen-bond donors (Lipinski definition) is 2. The molecule has 1 aromatic heterocycles. The third kappa shape index (κ3) is 2.96. The van der Waals surface area contributed by atoms with Crippen LogP contribution in [0.3, 0.4) is 0 Å². The lowest BCUT2D eigenvalue weighted by Gasteiger charge is -2.35. The molecule has 0 spiro atoms. The van der Waals surface area contributed by atoms with Crippen molar-refractivity contribution in [2.45, 2.75) is 44.6 Å². The van der Waals surface area contributed by atoms with Crippen LogP contribution < -0.4 is 5.32 Å². The molecule has 4 heteroatoms. The summed E-state index contributed by atoms with van der Waals surface area (Å²) in [4.78, 5) is 15.1. The zero-order chi connectivity index (χ0) is 12.3. The van der Waals surface area contributed by atoms with Gasteiger partial charge in [0.2, 0.25) is 0 Å². The highest BCUT2D eigenvalue weighted by atomic mass is 16.4. The molecule has 1 heterocycles. The average Bonchev–Trinajstić information content (AvgIpc) is 2.29. The topological polar surface area (TPSA) is 62.2 Å². The second kappa shape index (κ2) is 4.73. The number of nitrogens with one attached hydrogen (secondary N) is 1. The van der Waals surface area contributed by atoms with Crippen molar-refractivity contribution in [2.75, 3.05) is 5.32 Å². The minimum atomic E-state index is -0.913. The van der Waals surface area contributed by atoms with E-state index in [9.17, 15) is 4.79 Å². The average molecular weight is 234 g/mol. The van der Waals surface area contributed by atoms with E-state index in [0.717, 1.165) is 12.8 Å². The van der Waals surface area contributed by atoms with Crippen molar-refractivity contribution in [1.82, 2.24) is 4.98 Å². The number of carboxylic acids is 1. The molecular weight excluding hydrogens is 216 g/mol. The number of carbonyl (C=O) groups is 1. The molecule has 4 nitrogen and oxygen atoms in total. The van der Waals surface area contributed by atoms with Crippen LogP contribution in [-0.2, 0) is 0 Å². The Labute approximate surface area is 101 Å². The molecule has 0 aromatic carbocycles. The van der Waals surface area contributed by atoms with E-state index < -0.39 is 5.97 Å². The van der Waals surface area contributed by atoms with E-state index in [-0.39, 0.29) is 11.1 Å². The number of hydrogen-bond acceptors (Lipinski definition) is 3. The van der Waals surface area contributed by atoms with E-state index >= 15 is 0 Å². The van der Waals surface area contributed by atoms with Gasteiger partial charge in [-0.3, -0.25) is 0 Å². The molecular formula is C13H18N2O2. The summed E-state index contributed by atoms with van der Waals surface area (Å²) < 4.78 is 0. The zero-order valence-corrected chi connectivity index (χ0v) is 10.1. The van der Waals surface area contributed by atoms with Crippen molar-refractivity contribution in [2.24, 2.45) is 0 Å². The number of anilines is 1. The van der Waals surface area contributed by atoms with Crippen LogP contribution in [0.1, 0.15) is 49.4 Å². The first-order valence-corrected chi connectivity index (χ1v) is 6.07. The Morgan fingerprint density at radius 3 is 2.76 bits per heavy atom. The van der Waals surface area contributed by atoms with Crippen molar-refractivity contribution in [3.63, 3.8) is 0 Å². The fraction of sp³-hybridized carbons (Fsp3) is 0.538. The molecule has 0 radical (unpaired) electrons. The van der Waals surface area contributed by atoms with Gasteiger partial charge in [-0.2, -0.15) is 0 Å². The molecule has 1 aliphatic rings. The molecule has 0 saturated heterocycles. The Morgan fingerprint density at radius 1 is 1.41 bits per heavy atom. The zero-order valence-electron chi connectivity index (χ0n) is 10.1. The molecule has 0 bridgehead atoms. The van der Waals surface area contributed by atoms with E-state index in [0.29, 0.717) is 5.82 Å². The summed E-state index contributed by atoms with van der Waals surface area (Å²) in [5.74, 6) is -0.251. The maximum atomic E-state index is 10.9. The van der Waals surface area contributed by atoms with Crippen molar-refractivity contribution >= 4 is 11.8 Å². The molecule has 2 N–H and O–H groups in total. The smallest absolute Gasteiger partial charge is 0.335 e. The molecule has 1 aliphatic carbocycles. The van der Waals surface area contributed by atoms with Gasteiger partial charge < -0.3 is 10.4 Å². The highest BCUT2D eigenvalue weighted by Crippen LogP contribution is 2.30. The first kappa shape index (κ1) is 11.9. The highest BCUT2D eigenvalue weighted by Gasteiger charge is 2.26. The van der Waals surface area contributed by atoms with Gasteiger partial charge in [-0.15, -0.1) is 0 Å². The van der Waals surface area contributed by atoms with Gasteiger partial charge >= 0.3 is 5.97 Å². The van der Waals surface area contributed by atoms with Crippen LogP contribution in [0, 0.1) is 0 Å². The molecule has 1 fully saturated rings. The minimum absolute atomic E-state index is 0.0579. The quantitative estimate of drug-likeness (QED) is 0.844. The second-order valence-electron chi connectivity index (χ2n) is 4.98. The molecule has 2 rings (SSSR count). The molecule has 0 atom stereocenters. The predicted molar refractivity (Wildman–Crippen MR) is 66.3 cm³/mol. The molecule has 92 valence electrons. The Balaban J connectivity index is 2.12. The number of nitrogens with zero attached hydrogens (tertiary/aromatic N) is 1. The summed E-state index contributed by atoms with van der Waals surface area (Å²) in [6, 6.07) is 3.11. The first-order valence-electron chi connectivity index (χ1n) is 6.07. The normalized spacial score (nSPS) is 18.6. The van der Waals surface area contributed by atoms with Crippen LogP contribution in [0.15, 0.2) is 18.3 Å². The van der Waals surface area contributed by atoms with Gasteiger partial charge in [-0.25, -0.2) is 9.78 Å². The first-order chi connectivity index (χ1) is 8.09. The summed E-state index contributed by atoms with van der Waals surface area (Å²) in [7, 11) is 0. The minimum Gasteiger partial charge on any atom is -0.478 e. The van der Waals surface area contributed by atoms with Crippen LogP contribution in [-0.4, -0.2) is 21.6 Å². The van der Waals surface area contributed by atoms with Crippen LogP contribution in [0.4, 0.5) is 5.82 Å². The molecule has 17 heavy (non-hydrogen) atoms. The predicted octanol–water partition coefficient (Wildman–Crippen LogP) is 2.91. The summed E-state index contributed by atoms with van der Waals surface area (Å²) in [6.07, 6.45) is 7.51. The van der Waals surface area contributed by atoms with Crippen LogP contribution in [0.5, 0.6) is 0 Å². The molecule has 0 unspecified atom stereocenters. The van der Waals surface area contributed by atoms with Crippen LogP contribution in [0.25, 0.3) is 0 Å². The van der Waals surface area contributed by atoms with E-state index in [1.165, 1.54) is 31.5 Å². The number of carboxylic acid groups (broad SMARTS) is 1. The summed E-state index contributed by atoms with van der Waals surface area (Å²) in [6.45, 7) is 2.18. The van der Waals surface area contributed by atoms with Gasteiger partial charge in [0.1, 0.15) is 5.82 Å². The SMILES string of the molecule is CC1(Nc2cc(C(=O)O)ccn2)CCCCC1. The fourth-order valence-electron chi connectivity index (χ4n) is 2.40. The number of rotatable bonds is 3.